The van der Waals surface area contributed by atoms with Crippen LogP contribution in [0.25, 0.3) is 0 Å². The van der Waals surface area contributed by atoms with E-state index in [9.17, 15) is 17.6 Å². The van der Waals surface area contributed by atoms with Gasteiger partial charge in [0.2, 0.25) is 10.0 Å². The molecule has 112 valence electrons. The minimum absolute atomic E-state index is 0.227. The van der Waals surface area contributed by atoms with Gasteiger partial charge in [-0.1, -0.05) is 0 Å². The van der Waals surface area contributed by atoms with Gasteiger partial charge in [-0.05, 0) is 43.7 Å². The van der Waals surface area contributed by atoms with E-state index in [0.717, 1.165) is 28.6 Å². The molecule has 1 aromatic carbocycles. The number of hydrogen-bond acceptors (Lipinski definition) is 4. The minimum Gasteiger partial charge on any atom is -0.319 e. The van der Waals surface area contributed by atoms with Gasteiger partial charge in [-0.15, -0.1) is 11.3 Å². The molecule has 0 saturated carbocycles. The summed E-state index contributed by atoms with van der Waals surface area (Å²) in [6.45, 7) is 3.74. The molecule has 1 amide bonds. The molecule has 21 heavy (non-hydrogen) atoms. The average Bonchev–Trinajstić information content (AvgIpc) is 2.71. The maximum Gasteiger partial charge on any atom is 0.265 e. The third-order valence-electron chi connectivity index (χ3n) is 2.90. The number of amides is 1. The number of aryl methyl sites for hydroxylation is 2. The highest BCUT2D eigenvalue weighted by Crippen LogP contribution is 2.23. The molecule has 0 aliphatic carbocycles. The Labute approximate surface area is 125 Å². The number of carbonyl (C=O) groups excluding carboxylic acids is 1. The van der Waals surface area contributed by atoms with Crippen molar-refractivity contribution in [1.82, 2.24) is 0 Å². The zero-order valence-electron chi connectivity index (χ0n) is 11.3. The highest BCUT2D eigenvalue weighted by atomic mass is 32.2. The smallest absolute Gasteiger partial charge is 0.265 e. The number of rotatable bonds is 3. The van der Waals surface area contributed by atoms with Crippen molar-refractivity contribution in [2.45, 2.75) is 18.7 Å². The van der Waals surface area contributed by atoms with Gasteiger partial charge in [0.15, 0.2) is 0 Å². The summed E-state index contributed by atoms with van der Waals surface area (Å²) in [4.78, 5) is 13.2. The zero-order chi connectivity index (χ0) is 15.8. The molecule has 0 atom stereocenters. The predicted molar refractivity (Wildman–Crippen MR) is 79.5 cm³/mol. The molecule has 5 nitrogen and oxygen atoms in total. The maximum atomic E-state index is 13.7. The van der Waals surface area contributed by atoms with Crippen LogP contribution in [-0.2, 0) is 10.0 Å². The molecular weight excluding hydrogens is 315 g/mol. The summed E-state index contributed by atoms with van der Waals surface area (Å²) >= 11 is 1.28. The Hall–Kier alpha value is -1.77. The molecule has 1 aromatic heterocycles. The van der Waals surface area contributed by atoms with Crippen LogP contribution in [0.1, 0.15) is 20.1 Å². The van der Waals surface area contributed by atoms with Gasteiger partial charge in [0, 0.05) is 4.88 Å². The first-order valence-electron chi connectivity index (χ1n) is 5.89. The van der Waals surface area contributed by atoms with E-state index in [0.29, 0.717) is 4.88 Å². The molecule has 0 saturated heterocycles. The lowest BCUT2D eigenvalue weighted by Gasteiger charge is -2.07. The van der Waals surface area contributed by atoms with Gasteiger partial charge < -0.3 is 5.32 Å². The van der Waals surface area contributed by atoms with Crippen LogP contribution >= 0.6 is 11.3 Å². The van der Waals surface area contributed by atoms with Gasteiger partial charge in [-0.25, -0.2) is 17.9 Å². The molecule has 1 heterocycles. The molecule has 0 spiro atoms. The molecule has 2 rings (SSSR count). The van der Waals surface area contributed by atoms with Crippen molar-refractivity contribution >= 4 is 33.0 Å². The van der Waals surface area contributed by atoms with E-state index in [4.69, 9.17) is 5.14 Å². The molecule has 0 aliphatic rings. The number of carbonyl (C=O) groups is 1. The first-order valence-corrected chi connectivity index (χ1v) is 8.25. The third kappa shape index (κ3) is 3.46. The number of hydrogen-bond donors (Lipinski definition) is 2. The van der Waals surface area contributed by atoms with E-state index in [1.54, 1.807) is 6.07 Å². The van der Waals surface area contributed by atoms with E-state index < -0.39 is 21.7 Å². The topological polar surface area (TPSA) is 89.3 Å². The van der Waals surface area contributed by atoms with E-state index >= 15 is 0 Å². The SMILES string of the molecule is Cc1cc(C(=O)Nc2cc(S(N)(=O)=O)ccc2F)sc1C. The molecule has 0 fully saturated rings. The van der Waals surface area contributed by atoms with Crippen LogP contribution in [0.2, 0.25) is 0 Å². The second-order valence-corrected chi connectivity index (χ2v) is 7.31. The van der Waals surface area contributed by atoms with Crippen LogP contribution in [-0.4, -0.2) is 14.3 Å². The van der Waals surface area contributed by atoms with Crippen LogP contribution in [0, 0.1) is 19.7 Å². The molecule has 8 heteroatoms. The Morgan fingerprint density at radius 1 is 1.29 bits per heavy atom. The highest BCUT2D eigenvalue weighted by molar-refractivity contribution is 7.89. The van der Waals surface area contributed by atoms with Crippen LogP contribution in [0.3, 0.4) is 0 Å². The molecule has 0 radical (unpaired) electrons. The summed E-state index contributed by atoms with van der Waals surface area (Å²) < 4.78 is 36.2. The van der Waals surface area contributed by atoms with Crippen molar-refractivity contribution < 1.29 is 17.6 Å². The number of halogens is 1. The van der Waals surface area contributed by atoms with Crippen molar-refractivity contribution in [3.8, 4) is 0 Å². The second-order valence-electron chi connectivity index (χ2n) is 4.49. The first kappa shape index (κ1) is 15.6. The maximum absolute atomic E-state index is 13.7. The Kier molecular flexibility index (Phi) is 4.13. The third-order valence-corrected chi connectivity index (χ3v) is 4.97. The van der Waals surface area contributed by atoms with Gasteiger partial charge in [0.05, 0.1) is 15.5 Å². The van der Waals surface area contributed by atoms with Gasteiger partial charge in [0.1, 0.15) is 5.82 Å². The lowest BCUT2D eigenvalue weighted by molar-refractivity contribution is 0.103. The van der Waals surface area contributed by atoms with Crippen molar-refractivity contribution in [2.24, 2.45) is 5.14 Å². The molecule has 0 bridgehead atoms. The fraction of sp³-hybridized carbons (Fsp3) is 0.154. The number of sulfonamides is 1. The summed E-state index contributed by atoms with van der Waals surface area (Å²) in [7, 11) is -3.96. The van der Waals surface area contributed by atoms with E-state index in [1.165, 1.54) is 11.3 Å². The van der Waals surface area contributed by atoms with Crippen LogP contribution < -0.4 is 10.5 Å². The molecule has 0 aliphatic heterocycles. The molecule has 3 N–H and O–H groups in total. The largest absolute Gasteiger partial charge is 0.319 e. The summed E-state index contributed by atoms with van der Waals surface area (Å²) in [5.41, 5.74) is 0.735. The normalized spacial score (nSPS) is 11.4. The lowest BCUT2D eigenvalue weighted by Crippen LogP contribution is -2.15. The number of benzene rings is 1. The molecular formula is C13H13FN2O3S2. The number of anilines is 1. The van der Waals surface area contributed by atoms with Crippen LogP contribution in [0.15, 0.2) is 29.2 Å². The van der Waals surface area contributed by atoms with Gasteiger partial charge >= 0.3 is 0 Å². The summed E-state index contributed by atoms with van der Waals surface area (Å²) in [5.74, 6) is -1.23. The second kappa shape index (κ2) is 5.55. The zero-order valence-corrected chi connectivity index (χ0v) is 12.9. The summed E-state index contributed by atoms with van der Waals surface area (Å²) in [6.07, 6.45) is 0. The Morgan fingerprint density at radius 2 is 1.95 bits per heavy atom. The van der Waals surface area contributed by atoms with E-state index in [2.05, 4.69) is 5.32 Å². The number of thiophene rings is 1. The number of nitrogens with one attached hydrogen (secondary N) is 1. The van der Waals surface area contributed by atoms with Crippen molar-refractivity contribution in [3.05, 3.63) is 45.4 Å². The Bertz CT molecular complexity index is 793. The first-order chi connectivity index (χ1) is 9.68. The van der Waals surface area contributed by atoms with Crippen LogP contribution in [0.4, 0.5) is 10.1 Å². The van der Waals surface area contributed by atoms with Crippen molar-refractivity contribution in [1.29, 1.82) is 0 Å². The van der Waals surface area contributed by atoms with Gasteiger partial charge in [-0.2, -0.15) is 0 Å². The average molecular weight is 328 g/mol. The van der Waals surface area contributed by atoms with Gasteiger partial charge in [-0.3, -0.25) is 4.79 Å². The number of nitrogens with two attached hydrogens (primary N) is 1. The standard InChI is InChI=1S/C13H13FN2O3S2/c1-7-5-12(20-8(7)2)13(17)16-11-6-9(21(15,18)19)3-4-10(11)14/h3-6H,1-2H3,(H,16,17)(H2,15,18,19). The minimum atomic E-state index is -3.96. The van der Waals surface area contributed by atoms with Crippen molar-refractivity contribution in [2.75, 3.05) is 5.32 Å². The quantitative estimate of drug-likeness (QED) is 0.906. The van der Waals surface area contributed by atoms with E-state index in [-0.39, 0.29) is 10.6 Å². The fourth-order valence-electron chi connectivity index (χ4n) is 1.65. The lowest BCUT2D eigenvalue weighted by atomic mass is 10.2. The summed E-state index contributed by atoms with van der Waals surface area (Å²) in [5, 5.41) is 7.34. The van der Waals surface area contributed by atoms with Gasteiger partial charge in [0.25, 0.3) is 5.91 Å². The van der Waals surface area contributed by atoms with Crippen LogP contribution in [0.5, 0.6) is 0 Å². The fourth-order valence-corrected chi connectivity index (χ4v) is 3.12. The predicted octanol–water partition coefficient (Wildman–Crippen LogP) is 2.40. The monoisotopic (exact) mass is 328 g/mol. The Morgan fingerprint density at radius 3 is 2.48 bits per heavy atom. The molecule has 0 unspecified atom stereocenters. The molecule has 2 aromatic rings. The number of primary sulfonamides is 1. The Balaban J connectivity index is 2.33. The summed E-state index contributed by atoms with van der Waals surface area (Å²) in [6, 6.07) is 4.67. The van der Waals surface area contributed by atoms with E-state index in [1.807, 2.05) is 13.8 Å². The van der Waals surface area contributed by atoms with Crippen molar-refractivity contribution in [3.63, 3.8) is 0 Å². The highest BCUT2D eigenvalue weighted by Gasteiger charge is 2.16.